The van der Waals surface area contributed by atoms with Gasteiger partial charge in [0.2, 0.25) is 6.20 Å². The molecule has 0 N–H and O–H groups in total. The van der Waals surface area contributed by atoms with Crippen LogP contribution in [0.15, 0.2) is 29.1 Å². The topological polar surface area (TPSA) is 35.7 Å². The van der Waals surface area contributed by atoms with Crippen LogP contribution in [0, 0.1) is 0 Å². The third-order valence-corrected chi connectivity index (χ3v) is 1.40. The summed E-state index contributed by atoms with van der Waals surface area (Å²) >= 11 is 0. The standard InChI is InChI=1S/C7H6N2O/c1-2-6-5-10-9-4-7(6)8-3-1/h1-4H,5H2/q+1. The molecule has 0 bridgehead atoms. The van der Waals surface area contributed by atoms with Crippen LogP contribution in [-0.2, 0) is 4.84 Å². The van der Waals surface area contributed by atoms with E-state index in [0.717, 1.165) is 11.3 Å². The van der Waals surface area contributed by atoms with Gasteiger partial charge in [0.25, 0.3) is 0 Å². The molecule has 0 aromatic heterocycles. The zero-order valence-electron chi connectivity index (χ0n) is 5.32. The monoisotopic (exact) mass is 134 g/mol. The first-order chi connectivity index (χ1) is 4.97. The summed E-state index contributed by atoms with van der Waals surface area (Å²) in [6.07, 6.45) is 7.24. The van der Waals surface area contributed by atoms with E-state index in [1.54, 1.807) is 12.4 Å². The average Bonchev–Trinajstić information content (AvgIpc) is 2.05. The van der Waals surface area contributed by atoms with E-state index in [1.165, 1.54) is 0 Å². The minimum atomic E-state index is 0.541. The van der Waals surface area contributed by atoms with Gasteiger partial charge in [-0.25, -0.2) is 0 Å². The lowest BCUT2D eigenvalue weighted by molar-refractivity contribution is 0.170. The molecule has 0 fully saturated rings. The van der Waals surface area contributed by atoms with Crippen LogP contribution in [0.25, 0.3) is 0 Å². The van der Waals surface area contributed by atoms with Crippen LogP contribution in [0.5, 0.6) is 0 Å². The molecule has 10 heavy (non-hydrogen) atoms. The summed E-state index contributed by atoms with van der Waals surface area (Å²) in [5, 5.41) is 3.63. The van der Waals surface area contributed by atoms with E-state index in [2.05, 4.69) is 10.1 Å². The molecule has 2 aliphatic heterocycles. The van der Waals surface area contributed by atoms with Gasteiger partial charge in [-0.2, -0.15) is 0 Å². The molecule has 2 heterocycles. The minimum absolute atomic E-state index is 0.541. The van der Waals surface area contributed by atoms with Crippen molar-refractivity contribution in [1.29, 1.82) is 0 Å². The lowest BCUT2D eigenvalue weighted by Gasteiger charge is -2.04. The molecule has 0 atom stereocenters. The number of nitrogens with zero attached hydrogens (tertiary/aromatic N) is 2. The van der Waals surface area contributed by atoms with E-state index in [4.69, 9.17) is 4.84 Å². The highest BCUT2D eigenvalue weighted by molar-refractivity contribution is 6.38. The predicted molar refractivity (Wildman–Crippen MR) is 38.8 cm³/mol. The quantitative estimate of drug-likeness (QED) is 0.467. The van der Waals surface area contributed by atoms with Crippen molar-refractivity contribution in [2.45, 2.75) is 0 Å². The summed E-state index contributed by atoms with van der Waals surface area (Å²) in [6, 6.07) is 0. The highest BCUT2D eigenvalue weighted by Crippen LogP contribution is 2.04. The van der Waals surface area contributed by atoms with Crippen molar-refractivity contribution >= 4 is 11.9 Å². The number of aliphatic imine (C=N–C) groups is 1. The second-order valence-corrected chi connectivity index (χ2v) is 2.06. The normalized spacial score (nSPS) is 20.8. The van der Waals surface area contributed by atoms with Gasteiger partial charge in [-0.05, 0) is 6.08 Å². The molecular formula is C7H6N2O+. The van der Waals surface area contributed by atoms with Crippen molar-refractivity contribution in [2.24, 2.45) is 5.16 Å². The van der Waals surface area contributed by atoms with Gasteiger partial charge in [-0.3, -0.25) is 0 Å². The van der Waals surface area contributed by atoms with E-state index in [0.29, 0.717) is 6.61 Å². The third kappa shape index (κ3) is 0.757. The van der Waals surface area contributed by atoms with Gasteiger partial charge >= 0.3 is 5.71 Å². The molecule has 3 heteroatoms. The number of allylic oxidation sites excluding steroid dienone is 2. The smallest absolute Gasteiger partial charge is 0.305 e. The number of oxime groups is 1. The Kier molecular flexibility index (Phi) is 1.13. The first-order valence-corrected chi connectivity index (χ1v) is 3.06. The van der Waals surface area contributed by atoms with Crippen molar-refractivity contribution < 1.29 is 4.84 Å². The summed E-state index contributed by atoms with van der Waals surface area (Å²) < 4.78 is 0. The molecule has 0 spiro atoms. The third-order valence-electron chi connectivity index (χ3n) is 1.40. The molecule has 0 aromatic carbocycles. The number of hydrogen-bond donors (Lipinski definition) is 0. The Labute approximate surface area is 58.4 Å². The van der Waals surface area contributed by atoms with Crippen molar-refractivity contribution in [1.82, 2.24) is 4.99 Å². The molecule has 49 valence electrons. The molecule has 0 aliphatic carbocycles. The zero-order valence-corrected chi connectivity index (χ0v) is 5.32. The summed E-state index contributed by atoms with van der Waals surface area (Å²) in [5.41, 5.74) is 2.01. The molecule has 0 unspecified atom stereocenters. The number of rotatable bonds is 0. The average molecular weight is 134 g/mol. The number of hydrogen-bond acceptors (Lipinski definition) is 3. The predicted octanol–water partition coefficient (Wildman–Crippen LogP) is 0.233. The molecule has 0 saturated carbocycles. The zero-order chi connectivity index (χ0) is 6.81. The molecular weight excluding hydrogens is 128 g/mol. The van der Waals surface area contributed by atoms with Crippen molar-refractivity contribution in [3.05, 3.63) is 23.9 Å². The van der Waals surface area contributed by atoms with E-state index >= 15 is 0 Å². The Balaban J connectivity index is 2.43. The summed E-state index contributed by atoms with van der Waals surface area (Å²) in [6.45, 7) is 0.541. The van der Waals surface area contributed by atoms with Gasteiger partial charge in [0.1, 0.15) is 12.8 Å². The van der Waals surface area contributed by atoms with Crippen LogP contribution < -0.4 is 4.99 Å². The van der Waals surface area contributed by atoms with Crippen LogP contribution in [0.3, 0.4) is 0 Å². The number of fused-ring (bicyclic) bond motifs is 1. The van der Waals surface area contributed by atoms with Crippen LogP contribution in [0.4, 0.5) is 0 Å². The fraction of sp³-hybridized carbons (Fsp3) is 0.143. The second-order valence-electron chi connectivity index (χ2n) is 2.06. The van der Waals surface area contributed by atoms with Crippen LogP contribution in [0.1, 0.15) is 0 Å². The van der Waals surface area contributed by atoms with Crippen LogP contribution in [0.2, 0.25) is 0 Å². The SMILES string of the molecule is C1=C[N+]=C2C=NOCC2=C1. The van der Waals surface area contributed by atoms with Gasteiger partial charge in [-0.15, -0.1) is 0 Å². The molecule has 2 rings (SSSR count). The Morgan fingerprint density at radius 2 is 2.60 bits per heavy atom. The van der Waals surface area contributed by atoms with Crippen molar-refractivity contribution in [2.75, 3.05) is 6.61 Å². The lowest BCUT2D eigenvalue weighted by Crippen LogP contribution is -2.19. The largest absolute Gasteiger partial charge is 0.390 e. The molecule has 0 aromatic rings. The maximum Gasteiger partial charge on any atom is 0.305 e. The molecule has 0 saturated heterocycles. The molecule has 0 amide bonds. The summed E-state index contributed by atoms with van der Waals surface area (Å²) in [7, 11) is 0. The minimum Gasteiger partial charge on any atom is -0.390 e. The maximum absolute atomic E-state index is 4.83. The van der Waals surface area contributed by atoms with E-state index in [-0.39, 0.29) is 0 Å². The van der Waals surface area contributed by atoms with Gasteiger partial charge in [0.15, 0.2) is 0 Å². The highest BCUT2D eigenvalue weighted by atomic mass is 16.6. The Morgan fingerprint density at radius 3 is 3.50 bits per heavy atom. The van der Waals surface area contributed by atoms with E-state index < -0.39 is 0 Å². The summed E-state index contributed by atoms with van der Waals surface area (Å²) in [4.78, 5) is 8.92. The van der Waals surface area contributed by atoms with E-state index in [1.807, 2.05) is 12.2 Å². The van der Waals surface area contributed by atoms with Gasteiger partial charge in [-0.1, -0.05) is 5.16 Å². The molecule has 2 aliphatic rings. The first-order valence-electron chi connectivity index (χ1n) is 3.06. The second kappa shape index (κ2) is 2.10. The fourth-order valence-electron chi connectivity index (χ4n) is 0.883. The lowest BCUT2D eigenvalue weighted by atomic mass is 10.1. The van der Waals surface area contributed by atoms with Crippen LogP contribution >= 0.6 is 0 Å². The van der Waals surface area contributed by atoms with Crippen LogP contribution in [-0.4, -0.2) is 18.5 Å². The van der Waals surface area contributed by atoms with Gasteiger partial charge in [0.05, 0.1) is 10.6 Å². The Bertz CT molecular complexity index is 261. The van der Waals surface area contributed by atoms with Gasteiger partial charge < -0.3 is 4.84 Å². The van der Waals surface area contributed by atoms with Crippen molar-refractivity contribution in [3.8, 4) is 0 Å². The summed E-state index contributed by atoms with van der Waals surface area (Å²) in [5.74, 6) is 0. The molecule has 3 nitrogen and oxygen atoms in total. The first kappa shape index (κ1) is 5.41. The maximum atomic E-state index is 4.83. The van der Waals surface area contributed by atoms with Crippen molar-refractivity contribution in [3.63, 3.8) is 0 Å². The fourth-order valence-corrected chi connectivity index (χ4v) is 0.883. The molecule has 1 radical (unpaired) electrons. The Morgan fingerprint density at radius 1 is 1.60 bits per heavy atom. The van der Waals surface area contributed by atoms with Gasteiger partial charge in [0, 0.05) is 6.08 Å². The highest BCUT2D eigenvalue weighted by Gasteiger charge is 2.20. The Hall–Kier alpha value is -1.38. The van der Waals surface area contributed by atoms with E-state index in [9.17, 15) is 0 Å².